The zero-order chi connectivity index (χ0) is 20.9. The second kappa shape index (κ2) is 8.63. The lowest BCUT2D eigenvalue weighted by molar-refractivity contribution is -0.174. The summed E-state index contributed by atoms with van der Waals surface area (Å²) in [6, 6.07) is 3.94. The molecule has 4 N–H and O–H groups in total. The maximum atomic E-state index is 13.3. The number of carbonyl (C=O) groups excluding carboxylic acids is 2. The van der Waals surface area contributed by atoms with Crippen LogP contribution in [0.25, 0.3) is 0 Å². The van der Waals surface area contributed by atoms with E-state index in [9.17, 15) is 31.5 Å². The number of aromatic nitrogens is 1. The highest BCUT2D eigenvalue weighted by Crippen LogP contribution is 2.16. The zero-order valence-corrected chi connectivity index (χ0v) is 14.2. The van der Waals surface area contributed by atoms with Gasteiger partial charge in [0.05, 0.1) is 0 Å². The molecule has 0 aliphatic rings. The molecule has 2 aromatic rings. The number of nitrogens with one attached hydrogen (secondary N) is 2. The molecule has 0 spiro atoms. The number of alkyl halides is 3. The van der Waals surface area contributed by atoms with Crippen molar-refractivity contribution in [1.29, 1.82) is 0 Å². The Hall–Kier alpha value is -3.24. The normalized spacial score (nSPS) is 12.3. The van der Waals surface area contributed by atoms with Crippen molar-refractivity contribution >= 4 is 17.6 Å². The standard InChI is InChI=1S/C17H15F5N4O2/c18-11-3-1-9(5-12(11)19)6-13(26-16(28)17(20,21)22)15(27)25-8-10-2-4-14(23)24-7-10/h1-5,7,13H,6,8H2,(H2,23,24)(H,25,27)(H,26,28)/t13-/m0/s1. The molecule has 1 aromatic carbocycles. The third-order valence-electron chi connectivity index (χ3n) is 3.62. The van der Waals surface area contributed by atoms with Gasteiger partial charge in [0.1, 0.15) is 11.9 Å². The van der Waals surface area contributed by atoms with Crippen LogP contribution in [0.4, 0.5) is 27.8 Å². The van der Waals surface area contributed by atoms with Crippen molar-refractivity contribution in [3.05, 3.63) is 59.3 Å². The molecule has 6 nitrogen and oxygen atoms in total. The van der Waals surface area contributed by atoms with Crippen LogP contribution in [0.3, 0.4) is 0 Å². The summed E-state index contributed by atoms with van der Waals surface area (Å²) in [4.78, 5) is 27.3. The average Bonchev–Trinajstić information content (AvgIpc) is 2.62. The Balaban J connectivity index is 2.13. The summed E-state index contributed by atoms with van der Waals surface area (Å²) in [6.45, 7) is -0.0950. The predicted molar refractivity (Wildman–Crippen MR) is 88.5 cm³/mol. The molecule has 0 radical (unpaired) electrons. The first kappa shape index (κ1) is 21.1. The van der Waals surface area contributed by atoms with Crippen LogP contribution < -0.4 is 16.4 Å². The number of benzene rings is 1. The first-order chi connectivity index (χ1) is 13.1. The Morgan fingerprint density at radius 1 is 1.07 bits per heavy atom. The molecule has 0 aliphatic carbocycles. The number of nitrogens with two attached hydrogens (primary N) is 1. The van der Waals surface area contributed by atoms with Crippen molar-refractivity contribution in [2.24, 2.45) is 0 Å². The number of hydrogen-bond acceptors (Lipinski definition) is 4. The Kier molecular flexibility index (Phi) is 6.49. The van der Waals surface area contributed by atoms with Crippen LogP contribution in [0.15, 0.2) is 36.5 Å². The van der Waals surface area contributed by atoms with Gasteiger partial charge in [-0.1, -0.05) is 12.1 Å². The van der Waals surface area contributed by atoms with Gasteiger partial charge in [-0.05, 0) is 29.3 Å². The highest BCUT2D eigenvalue weighted by atomic mass is 19.4. The maximum absolute atomic E-state index is 13.3. The second-order valence-corrected chi connectivity index (χ2v) is 5.79. The lowest BCUT2D eigenvalue weighted by Gasteiger charge is -2.19. The fourth-order valence-corrected chi connectivity index (χ4v) is 2.20. The van der Waals surface area contributed by atoms with Crippen LogP contribution in [0, 0.1) is 11.6 Å². The van der Waals surface area contributed by atoms with E-state index < -0.39 is 42.1 Å². The van der Waals surface area contributed by atoms with E-state index in [1.807, 2.05) is 0 Å². The Bertz CT molecular complexity index is 856. The van der Waals surface area contributed by atoms with Crippen molar-refractivity contribution in [2.45, 2.75) is 25.2 Å². The lowest BCUT2D eigenvalue weighted by atomic mass is 10.0. The molecule has 0 unspecified atom stereocenters. The highest BCUT2D eigenvalue weighted by Gasteiger charge is 2.40. The van der Waals surface area contributed by atoms with Crippen molar-refractivity contribution in [1.82, 2.24) is 15.6 Å². The second-order valence-electron chi connectivity index (χ2n) is 5.79. The monoisotopic (exact) mass is 402 g/mol. The maximum Gasteiger partial charge on any atom is 0.471 e. The number of nitrogens with zero attached hydrogens (tertiary/aromatic N) is 1. The first-order valence-electron chi connectivity index (χ1n) is 7.86. The highest BCUT2D eigenvalue weighted by molar-refractivity contribution is 5.90. The summed E-state index contributed by atoms with van der Waals surface area (Å²) in [5.74, 6) is -5.42. The molecule has 1 heterocycles. The van der Waals surface area contributed by atoms with E-state index in [4.69, 9.17) is 5.73 Å². The van der Waals surface area contributed by atoms with Crippen molar-refractivity contribution in [2.75, 3.05) is 5.73 Å². The topological polar surface area (TPSA) is 97.1 Å². The van der Waals surface area contributed by atoms with E-state index in [0.717, 1.165) is 18.2 Å². The van der Waals surface area contributed by atoms with E-state index in [0.29, 0.717) is 5.56 Å². The van der Waals surface area contributed by atoms with Gasteiger partial charge in [-0.2, -0.15) is 13.2 Å². The van der Waals surface area contributed by atoms with Crippen LogP contribution >= 0.6 is 0 Å². The minimum Gasteiger partial charge on any atom is -0.384 e. The van der Waals surface area contributed by atoms with Gasteiger partial charge in [-0.15, -0.1) is 0 Å². The molecule has 1 atom stereocenters. The SMILES string of the molecule is Nc1ccc(CNC(=O)[C@H](Cc2ccc(F)c(F)c2)NC(=O)C(F)(F)F)cn1. The third-order valence-corrected chi connectivity index (χ3v) is 3.62. The lowest BCUT2D eigenvalue weighted by Crippen LogP contribution is -2.51. The van der Waals surface area contributed by atoms with Gasteiger partial charge < -0.3 is 16.4 Å². The number of rotatable bonds is 6. The van der Waals surface area contributed by atoms with Gasteiger partial charge in [0, 0.05) is 19.2 Å². The third kappa shape index (κ3) is 5.89. The summed E-state index contributed by atoms with van der Waals surface area (Å²) in [7, 11) is 0. The molecule has 150 valence electrons. The van der Waals surface area contributed by atoms with E-state index in [2.05, 4.69) is 10.3 Å². The number of hydrogen-bond donors (Lipinski definition) is 3. The molecular weight excluding hydrogens is 387 g/mol. The van der Waals surface area contributed by atoms with Crippen LogP contribution in [-0.2, 0) is 22.6 Å². The molecule has 0 aliphatic heterocycles. The van der Waals surface area contributed by atoms with Crippen LogP contribution in [-0.4, -0.2) is 29.0 Å². The minimum absolute atomic E-state index is 0.0238. The van der Waals surface area contributed by atoms with Gasteiger partial charge in [0.25, 0.3) is 0 Å². The summed E-state index contributed by atoms with van der Waals surface area (Å²) < 4.78 is 64.0. The molecule has 0 bridgehead atoms. The average molecular weight is 402 g/mol. The molecular formula is C17H15F5N4O2. The van der Waals surface area contributed by atoms with Crippen molar-refractivity contribution in [3.63, 3.8) is 0 Å². The van der Waals surface area contributed by atoms with Gasteiger partial charge in [0.2, 0.25) is 5.91 Å². The van der Waals surface area contributed by atoms with Gasteiger partial charge in [-0.25, -0.2) is 13.8 Å². The molecule has 0 saturated heterocycles. The summed E-state index contributed by atoms with van der Waals surface area (Å²) in [5, 5.41) is 3.91. The number of halogens is 5. The van der Waals surface area contributed by atoms with Crippen LogP contribution in [0.2, 0.25) is 0 Å². The van der Waals surface area contributed by atoms with Gasteiger partial charge >= 0.3 is 12.1 Å². The fourth-order valence-electron chi connectivity index (χ4n) is 2.20. The Morgan fingerprint density at radius 3 is 2.32 bits per heavy atom. The minimum atomic E-state index is -5.21. The number of anilines is 1. The van der Waals surface area contributed by atoms with Crippen molar-refractivity contribution < 1.29 is 31.5 Å². The Labute approximate surface area is 155 Å². The predicted octanol–water partition coefficient (Wildman–Crippen LogP) is 1.85. The first-order valence-corrected chi connectivity index (χ1v) is 7.86. The molecule has 1 aromatic heterocycles. The zero-order valence-electron chi connectivity index (χ0n) is 14.2. The summed E-state index contributed by atoms with van der Waals surface area (Å²) >= 11 is 0. The molecule has 0 fully saturated rings. The number of carbonyl (C=O) groups is 2. The van der Waals surface area contributed by atoms with Gasteiger partial charge in [0.15, 0.2) is 11.6 Å². The quantitative estimate of drug-likeness (QED) is 0.643. The summed E-state index contributed by atoms with van der Waals surface area (Å²) in [6.07, 6.45) is -4.34. The molecule has 2 amide bonds. The molecule has 11 heteroatoms. The van der Waals surface area contributed by atoms with Crippen LogP contribution in [0.5, 0.6) is 0 Å². The van der Waals surface area contributed by atoms with E-state index in [1.165, 1.54) is 12.3 Å². The number of nitrogen functional groups attached to an aromatic ring is 1. The number of amides is 2. The molecule has 0 saturated carbocycles. The van der Waals surface area contributed by atoms with E-state index in [-0.39, 0.29) is 17.9 Å². The van der Waals surface area contributed by atoms with E-state index >= 15 is 0 Å². The van der Waals surface area contributed by atoms with E-state index in [1.54, 1.807) is 11.4 Å². The fraction of sp³-hybridized carbons (Fsp3) is 0.235. The number of pyridine rings is 1. The smallest absolute Gasteiger partial charge is 0.384 e. The Morgan fingerprint density at radius 2 is 1.75 bits per heavy atom. The summed E-state index contributed by atoms with van der Waals surface area (Å²) in [5.41, 5.74) is 5.96. The molecule has 28 heavy (non-hydrogen) atoms. The van der Waals surface area contributed by atoms with Crippen molar-refractivity contribution in [3.8, 4) is 0 Å². The van der Waals surface area contributed by atoms with Gasteiger partial charge in [-0.3, -0.25) is 9.59 Å². The van der Waals surface area contributed by atoms with Crippen LogP contribution in [0.1, 0.15) is 11.1 Å². The molecule has 2 rings (SSSR count). The largest absolute Gasteiger partial charge is 0.471 e.